The molecule has 3 rings (SSSR count). The van der Waals surface area contributed by atoms with Crippen LogP contribution in [0.2, 0.25) is 0 Å². The van der Waals surface area contributed by atoms with Gasteiger partial charge in [0.25, 0.3) is 0 Å². The summed E-state index contributed by atoms with van der Waals surface area (Å²) < 4.78 is 13.1. The number of hydrogen-bond acceptors (Lipinski definition) is 3. The van der Waals surface area contributed by atoms with Crippen molar-refractivity contribution >= 4 is 5.91 Å². The van der Waals surface area contributed by atoms with E-state index in [9.17, 15) is 9.18 Å². The predicted molar refractivity (Wildman–Crippen MR) is 76.8 cm³/mol. The largest absolute Gasteiger partial charge is 0.334 e. The average Bonchev–Trinajstić information content (AvgIpc) is 2.98. The Balaban J connectivity index is 2.03. The highest BCUT2D eigenvalue weighted by Gasteiger charge is 2.31. The molecule has 1 fully saturated rings. The molecular weight excluding hydrogens is 269 g/mol. The van der Waals surface area contributed by atoms with Gasteiger partial charge in [0.2, 0.25) is 5.91 Å². The Morgan fingerprint density at radius 3 is 2.67 bits per heavy atom. The first kappa shape index (κ1) is 13.7. The predicted octanol–water partition coefficient (Wildman–Crippen LogP) is 2.97. The Bertz CT molecular complexity index is 657. The number of nitrogens with zero attached hydrogens (tertiary/aromatic N) is 3. The number of halogens is 1. The normalized spacial score (nSPS) is 18.0. The summed E-state index contributed by atoms with van der Waals surface area (Å²) in [5, 5.41) is 0. The molecule has 0 aliphatic carbocycles. The molecule has 1 aromatic carbocycles. The number of aromatic nitrogens is 2. The number of carbonyl (C=O) groups is 1. The molecular formula is C16H16FN3O. The van der Waals surface area contributed by atoms with Gasteiger partial charge in [-0.25, -0.2) is 4.39 Å². The molecule has 0 radical (unpaired) electrons. The van der Waals surface area contributed by atoms with Gasteiger partial charge in [0.1, 0.15) is 5.82 Å². The molecule has 1 aliphatic heterocycles. The minimum Gasteiger partial charge on any atom is -0.334 e. The zero-order valence-corrected chi connectivity index (χ0v) is 11.8. The van der Waals surface area contributed by atoms with Crippen molar-refractivity contribution in [1.29, 1.82) is 0 Å². The Kier molecular flexibility index (Phi) is 3.64. The highest BCUT2D eigenvalue weighted by molar-refractivity contribution is 5.74. The van der Waals surface area contributed by atoms with Crippen LogP contribution in [0.3, 0.4) is 0 Å². The van der Waals surface area contributed by atoms with Crippen molar-refractivity contribution in [2.45, 2.75) is 25.8 Å². The van der Waals surface area contributed by atoms with Crippen LogP contribution in [0, 0.1) is 5.82 Å². The number of hydrogen-bond donors (Lipinski definition) is 0. The first-order valence-electron chi connectivity index (χ1n) is 7.01. The van der Waals surface area contributed by atoms with Gasteiger partial charge in [-0.1, -0.05) is 0 Å². The van der Waals surface area contributed by atoms with Gasteiger partial charge < -0.3 is 4.90 Å². The summed E-state index contributed by atoms with van der Waals surface area (Å²) in [6.07, 6.45) is 5.10. The van der Waals surface area contributed by atoms with Crippen molar-refractivity contribution in [2.24, 2.45) is 0 Å². The molecule has 21 heavy (non-hydrogen) atoms. The summed E-state index contributed by atoms with van der Waals surface area (Å²) >= 11 is 0. The van der Waals surface area contributed by atoms with Gasteiger partial charge >= 0.3 is 0 Å². The van der Waals surface area contributed by atoms with Gasteiger partial charge in [0.15, 0.2) is 0 Å². The number of amides is 1. The summed E-state index contributed by atoms with van der Waals surface area (Å²) in [4.78, 5) is 22.4. The number of rotatable bonds is 2. The molecule has 0 bridgehead atoms. The second-order valence-corrected chi connectivity index (χ2v) is 5.17. The molecule has 4 nitrogen and oxygen atoms in total. The van der Waals surface area contributed by atoms with E-state index in [0.29, 0.717) is 0 Å². The summed E-state index contributed by atoms with van der Waals surface area (Å²) in [6, 6.07) is 6.15. The quantitative estimate of drug-likeness (QED) is 0.852. The van der Waals surface area contributed by atoms with Crippen LogP contribution in [-0.4, -0.2) is 27.3 Å². The van der Waals surface area contributed by atoms with Crippen LogP contribution in [0.1, 0.15) is 31.5 Å². The van der Waals surface area contributed by atoms with Crippen LogP contribution in [0.5, 0.6) is 0 Å². The van der Waals surface area contributed by atoms with E-state index >= 15 is 0 Å². The van der Waals surface area contributed by atoms with Crippen LogP contribution < -0.4 is 0 Å². The SMILES string of the molecule is CC(=O)N1CCCC1c1nccnc1-c1ccc(F)cc1. The van der Waals surface area contributed by atoms with Gasteiger partial charge in [0, 0.05) is 31.4 Å². The monoisotopic (exact) mass is 285 g/mol. The highest BCUT2D eigenvalue weighted by Crippen LogP contribution is 2.35. The Morgan fingerprint density at radius 1 is 1.24 bits per heavy atom. The van der Waals surface area contributed by atoms with Crippen molar-refractivity contribution in [3.8, 4) is 11.3 Å². The van der Waals surface area contributed by atoms with Crippen LogP contribution in [-0.2, 0) is 4.79 Å². The number of benzene rings is 1. The summed E-state index contributed by atoms with van der Waals surface area (Å²) in [6.45, 7) is 2.33. The van der Waals surface area contributed by atoms with E-state index in [0.717, 1.165) is 36.3 Å². The molecule has 2 heterocycles. The van der Waals surface area contributed by atoms with Crippen LogP contribution in [0.25, 0.3) is 11.3 Å². The van der Waals surface area contributed by atoms with E-state index in [2.05, 4.69) is 9.97 Å². The van der Waals surface area contributed by atoms with Gasteiger partial charge in [0.05, 0.1) is 17.4 Å². The lowest BCUT2D eigenvalue weighted by molar-refractivity contribution is -0.129. The molecule has 1 unspecified atom stereocenters. The first-order valence-corrected chi connectivity index (χ1v) is 7.01. The second-order valence-electron chi connectivity index (χ2n) is 5.17. The minimum absolute atomic E-state index is 0.0451. The third-order valence-corrected chi connectivity index (χ3v) is 3.82. The minimum atomic E-state index is -0.282. The molecule has 2 aromatic rings. The lowest BCUT2D eigenvalue weighted by Gasteiger charge is -2.24. The van der Waals surface area contributed by atoms with Crippen LogP contribution in [0.15, 0.2) is 36.7 Å². The zero-order chi connectivity index (χ0) is 14.8. The molecule has 108 valence electrons. The van der Waals surface area contributed by atoms with E-state index < -0.39 is 0 Å². The number of likely N-dealkylation sites (tertiary alicyclic amines) is 1. The lowest BCUT2D eigenvalue weighted by Crippen LogP contribution is -2.29. The van der Waals surface area contributed by atoms with E-state index in [-0.39, 0.29) is 17.8 Å². The van der Waals surface area contributed by atoms with Crippen molar-refractivity contribution in [1.82, 2.24) is 14.9 Å². The third-order valence-electron chi connectivity index (χ3n) is 3.82. The Hall–Kier alpha value is -2.30. The molecule has 0 spiro atoms. The van der Waals surface area contributed by atoms with Crippen molar-refractivity contribution in [2.75, 3.05) is 6.54 Å². The fourth-order valence-corrected chi connectivity index (χ4v) is 2.85. The molecule has 0 N–H and O–H groups in total. The van der Waals surface area contributed by atoms with Crippen LogP contribution >= 0.6 is 0 Å². The Labute approximate surface area is 122 Å². The molecule has 1 aliphatic rings. The summed E-state index contributed by atoms with van der Waals surface area (Å²) in [7, 11) is 0. The first-order chi connectivity index (χ1) is 10.2. The Morgan fingerprint density at radius 2 is 1.95 bits per heavy atom. The molecule has 1 saturated heterocycles. The lowest BCUT2D eigenvalue weighted by atomic mass is 10.0. The van der Waals surface area contributed by atoms with E-state index in [1.807, 2.05) is 4.90 Å². The third kappa shape index (κ3) is 2.63. The molecule has 1 amide bonds. The zero-order valence-electron chi connectivity index (χ0n) is 11.8. The van der Waals surface area contributed by atoms with E-state index in [4.69, 9.17) is 0 Å². The van der Waals surface area contributed by atoms with E-state index in [1.54, 1.807) is 31.5 Å². The maximum atomic E-state index is 13.1. The van der Waals surface area contributed by atoms with Gasteiger partial charge in [-0.05, 0) is 37.1 Å². The fourth-order valence-electron chi connectivity index (χ4n) is 2.85. The smallest absolute Gasteiger partial charge is 0.220 e. The van der Waals surface area contributed by atoms with Gasteiger partial charge in [-0.3, -0.25) is 14.8 Å². The van der Waals surface area contributed by atoms with Crippen molar-refractivity contribution < 1.29 is 9.18 Å². The van der Waals surface area contributed by atoms with Crippen LogP contribution in [0.4, 0.5) is 4.39 Å². The summed E-state index contributed by atoms with van der Waals surface area (Å²) in [5.41, 5.74) is 2.32. The standard InChI is InChI=1S/C16H16FN3O/c1-11(21)20-10-2-3-14(20)16-15(18-8-9-19-16)12-4-6-13(17)7-5-12/h4-9,14H,2-3,10H2,1H3. The average molecular weight is 285 g/mol. The van der Waals surface area contributed by atoms with E-state index in [1.165, 1.54) is 12.1 Å². The second kappa shape index (κ2) is 5.60. The topological polar surface area (TPSA) is 46.1 Å². The molecule has 1 aromatic heterocycles. The van der Waals surface area contributed by atoms with Gasteiger partial charge in [-0.15, -0.1) is 0 Å². The maximum Gasteiger partial charge on any atom is 0.220 e. The highest BCUT2D eigenvalue weighted by atomic mass is 19.1. The van der Waals surface area contributed by atoms with Crippen molar-refractivity contribution in [3.05, 3.63) is 48.2 Å². The maximum absolute atomic E-state index is 13.1. The molecule has 0 saturated carbocycles. The fraction of sp³-hybridized carbons (Fsp3) is 0.312. The summed E-state index contributed by atoms with van der Waals surface area (Å²) in [5.74, 6) is -0.233. The number of carbonyl (C=O) groups excluding carboxylic acids is 1. The molecule has 1 atom stereocenters. The van der Waals surface area contributed by atoms with Gasteiger partial charge in [-0.2, -0.15) is 0 Å². The van der Waals surface area contributed by atoms with Crippen molar-refractivity contribution in [3.63, 3.8) is 0 Å². The molecule has 5 heteroatoms.